The van der Waals surface area contributed by atoms with E-state index in [4.69, 9.17) is 5.11 Å². The highest BCUT2D eigenvalue weighted by Crippen LogP contribution is 1.97. The van der Waals surface area contributed by atoms with Crippen LogP contribution in [-0.2, 0) is 4.79 Å². The van der Waals surface area contributed by atoms with Gasteiger partial charge < -0.3 is 10.4 Å². The molecule has 0 spiro atoms. The molecule has 0 saturated heterocycles. The fraction of sp³-hybridized carbons (Fsp3) is 0.875. The lowest BCUT2D eigenvalue weighted by Gasteiger charge is -2.12. The van der Waals surface area contributed by atoms with E-state index < -0.39 is 12.0 Å². The van der Waals surface area contributed by atoms with Crippen LogP contribution in [0.15, 0.2) is 0 Å². The van der Waals surface area contributed by atoms with E-state index in [0.29, 0.717) is 5.92 Å². The van der Waals surface area contributed by atoms with E-state index in [2.05, 4.69) is 19.2 Å². The van der Waals surface area contributed by atoms with E-state index >= 15 is 0 Å². The largest absolute Gasteiger partial charge is 0.480 e. The van der Waals surface area contributed by atoms with Gasteiger partial charge in [-0.2, -0.15) is 0 Å². The fourth-order valence-electron chi connectivity index (χ4n) is 0.610. The van der Waals surface area contributed by atoms with Gasteiger partial charge in [-0.05, 0) is 19.4 Å². The van der Waals surface area contributed by atoms with Crippen LogP contribution in [0.1, 0.15) is 27.2 Å². The van der Waals surface area contributed by atoms with Crippen molar-refractivity contribution in [2.24, 2.45) is 5.92 Å². The van der Waals surface area contributed by atoms with Crippen LogP contribution < -0.4 is 5.32 Å². The Labute approximate surface area is 67.8 Å². The van der Waals surface area contributed by atoms with E-state index in [-0.39, 0.29) is 0 Å². The number of rotatable bonds is 5. The first kappa shape index (κ1) is 10.4. The first-order valence-corrected chi connectivity index (χ1v) is 4.04. The molecular formula is C8H17NO2. The molecule has 0 heterocycles. The number of aliphatic carboxylic acids is 1. The van der Waals surface area contributed by atoms with Crippen LogP contribution in [0.3, 0.4) is 0 Å². The van der Waals surface area contributed by atoms with Crippen LogP contribution in [-0.4, -0.2) is 23.7 Å². The molecule has 11 heavy (non-hydrogen) atoms. The van der Waals surface area contributed by atoms with Crippen molar-refractivity contribution in [2.75, 3.05) is 6.54 Å². The van der Waals surface area contributed by atoms with Crippen molar-refractivity contribution < 1.29 is 9.90 Å². The van der Waals surface area contributed by atoms with Crippen molar-refractivity contribution in [1.29, 1.82) is 0 Å². The molecule has 3 nitrogen and oxygen atoms in total. The van der Waals surface area contributed by atoms with Gasteiger partial charge in [-0.15, -0.1) is 0 Å². The standard InChI is InChI=1S/C8H17NO2/c1-4-6(2)5-9-7(3)8(10)11/h6-7,9H,4-5H2,1-3H3,(H,10,11)/t6?,7-/m1/s1. The van der Waals surface area contributed by atoms with E-state index in [9.17, 15) is 4.79 Å². The predicted molar refractivity (Wildman–Crippen MR) is 44.6 cm³/mol. The third-order valence-corrected chi connectivity index (χ3v) is 1.84. The molecule has 0 aromatic carbocycles. The van der Waals surface area contributed by atoms with Crippen molar-refractivity contribution >= 4 is 5.97 Å². The molecule has 1 unspecified atom stereocenters. The quantitative estimate of drug-likeness (QED) is 0.631. The van der Waals surface area contributed by atoms with Gasteiger partial charge in [0.2, 0.25) is 0 Å². The minimum absolute atomic E-state index is 0.427. The van der Waals surface area contributed by atoms with Crippen molar-refractivity contribution in [3.05, 3.63) is 0 Å². The van der Waals surface area contributed by atoms with Gasteiger partial charge >= 0.3 is 5.97 Å². The maximum Gasteiger partial charge on any atom is 0.320 e. The first-order valence-electron chi connectivity index (χ1n) is 4.04. The molecule has 0 fully saturated rings. The average Bonchev–Trinajstić information content (AvgIpc) is 1.99. The Morgan fingerprint density at radius 1 is 1.55 bits per heavy atom. The van der Waals surface area contributed by atoms with Crippen molar-refractivity contribution in [1.82, 2.24) is 5.32 Å². The molecular weight excluding hydrogens is 142 g/mol. The number of carbonyl (C=O) groups is 1. The molecule has 0 radical (unpaired) electrons. The highest BCUT2D eigenvalue weighted by atomic mass is 16.4. The van der Waals surface area contributed by atoms with Gasteiger partial charge in [-0.25, -0.2) is 0 Å². The normalized spacial score (nSPS) is 15.9. The molecule has 0 saturated carbocycles. The second kappa shape index (κ2) is 5.13. The Balaban J connectivity index is 3.45. The van der Waals surface area contributed by atoms with Crippen LogP contribution in [0, 0.1) is 5.92 Å². The van der Waals surface area contributed by atoms with E-state index in [1.807, 2.05) is 0 Å². The third-order valence-electron chi connectivity index (χ3n) is 1.84. The summed E-state index contributed by atoms with van der Waals surface area (Å²) in [5, 5.41) is 11.4. The van der Waals surface area contributed by atoms with Crippen LogP contribution in [0.4, 0.5) is 0 Å². The van der Waals surface area contributed by atoms with Gasteiger partial charge in [-0.1, -0.05) is 20.3 Å². The van der Waals surface area contributed by atoms with Gasteiger partial charge in [0.25, 0.3) is 0 Å². The molecule has 0 amide bonds. The fourth-order valence-corrected chi connectivity index (χ4v) is 0.610. The maximum absolute atomic E-state index is 10.3. The zero-order valence-corrected chi connectivity index (χ0v) is 7.42. The molecule has 0 aromatic heterocycles. The summed E-state index contributed by atoms with van der Waals surface area (Å²) in [6.07, 6.45) is 1.08. The SMILES string of the molecule is CCC(C)CN[C@H](C)C(=O)O. The van der Waals surface area contributed by atoms with Crippen LogP contribution in [0.2, 0.25) is 0 Å². The molecule has 0 rings (SSSR count). The molecule has 66 valence electrons. The van der Waals surface area contributed by atoms with Crippen LogP contribution in [0.25, 0.3) is 0 Å². The Morgan fingerprint density at radius 3 is 2.45 bits per heavy atom. The van der Waals surface area contributed by atoms with E-state index in [1.54, 1.807) is 6.92 Å². The molecule has 0 aliphatic heterocycles. The number of nitrogens with one attached hydrogen (secondary N) is 1. The minimum Gasteiger partial charge on any atom is -0.480 e. The molecule has 2 N–H and O–H groups in total. The van der Waals surface area contributed by atoms with Gasteiger partial charge in [0.1, 0.15) is 6.04 Å². The van der Waals surface area contributed by atoms with E-state index in [0.717, 1.165) is 13.0 Å². The Bertz CT molecular complexity index is 125. The van der Waals surface area contributed by atoms with Gasteiger partial charge in [-0.3, -0.25) is 4.79 Å². The smallest absolute Gasteiger partial charge is 0.320 e. The predicted octanol–water partition coefficient (Wildman–Crippen LogP) is 1.10. The lowest BCUT2D eigenvalue weighted by atomic mass is 10.1. The maximum atomic E-state index is 10.3. The Hall–Kier alpha value is -0.570. The van der Waals surface area contributed by atoms with Crippen LogP contribution in [0.5, 0.6) is 0 Å². The summed E-state index contributed by atoms with van der Waals surface area (Å²) in [5.41, 5.74) is 0. The topological polar surface area (TPSA) is 49.3 Å². The summed E-state index contributed by atoms with van der Waals surface area (Å²) in [6.45, 7) is 6.63. The Morgan fingerprint density at radius 2 is 2.09 bits per heavy atom. The van der Waals surface area contributed by atoms with Gasteiger partial charge in [0.15, 0.2) is 0 Å². The summed E-state index contributed by atoms with van der Waals surface area (Å²) in [5.74, 6) is -0.231. The van der Waals surface area contributed by atoms with Crippen molar-refractivity contribution in [3.63, 3.8) is 0 Å². The van der Waals surface area contributed by atoms with Gasteiger partial charge in [0, 0.05) is 0 Å². The summed E-state index contributed by atoms with van der Waals surface area (Å²) in [6, 6.07) is -0.427. The molecule has 2 atom stereocenters. The lowest BCUT2D eigenvalue weighted by Crippen LogP contribution is -2.36. The summed E-state index contributed by atoms with van der Waals surface area (Å²) < 4.78 is 0. The van der Waals surface area contributed by atoms with Gasteiger partial charge in [0.05, 0.1) is 0 Å². The highest BCUT2D eigenvalue weighted by Gasteiger charge is 2.09. The summed E-state index contributed by atoms with van der Waals surface area (Å²) in [4.78, 5) is 10.3. The molecule has 0 aromatic rings. The van der Waals surface area contributed by atoms with Crippen molar-refractivity contribution in [3.8, 4) is 0 Å². The summed E-state index contributed by atoms with van der Waals surface area (Å²) >= 11 is 0. The molecule has 0 aliphatic carbocycles. The minimum atomic E-state index is -0.784. The lowest BCUT2D eigenvalue weighted by molar-refractivity contribution is -0.139. The number of carboxylic acids is 1. The number of hydrogen-bond donors (Lipinski definition) is 2. The Kier molecular flexibility index (Phi) is 4.86. The third kappa shape index (κ3) is 4.79. The zero-order chi connectivity index (χ0) is 8.85. The average molecular weight is 159 g/mol. The van der Waals surface area contributed by atoms with Crippen molar-refractivity contribution in [2.45, 2.75) is 33.2 Å². The number of carboxylic acid groups (broad SMARTS) is 1. The van der Waals surface area contributed by atoms with Crippen LogP contribution >= 0.6 is 0 Å². The molecule has 0 bridgehead atoms. The second-order valence-electron chi connectivity index (χ2n) is 2.98. The van der Waals surface area contributed by atoms with E-state index in [1.165, 1.54) is 0 Å². The number of hydrogen-bond acceptors (Lipinski definition) is 2. The summed E-state index contributed by atoms with van der Waals surface area (Å²) in [7, 11) is 0. The highest BCUT2D eigenvalue weighted by molar-refractivity contribution is 5.72. The first-order chi connectivity index (χ1) is 5.07. The zero-order valence-electron chi connectivity index (χ0n) is 7.42. The monoisotopic (exact) mass is 159 g/mol. The molecule has 3 heteroatoms. The molecule has 0 aliphatic rings. The second-order valence-corrected chi connectivity index (χ2v) is 2.98.